The van der Waals surface area contributed by atoms with Crippen molar-refractivity contribution >= 4 is 16.8 Å². The van der Waals surface area contributed by atoms with Crippen molar-refractivity contribution in [2.45, 2.75) is 45.4 Å². The zero-order valence-electron chi connectivity index (χ0n) is 18.0. The van der Waals surface area contributed by atoms with E-state index in [0.717, 1.165) is 44.3 Å². The Bertz CT molecular complexity index is 1060. The number of fused-ring (bicyclic) bond motifs is 1. The van der Waals surface area contributed by atoms with Gasteiger partial charge in [-0.25, -0.2) is 0 Å². The van der Waals surface area contributed by atoms with Crippen LogP contribution in [0.4, 0.5) is 0 Å². The van der Waals surface area contributed by atoms with E-state index in [1.807, 2.05) is 12.3 Å². The number of likely N-dealkylation sites (tertiary alicyclic amines) is 1. The molecule has 1 amide bonds. The molecule has 1 atom stereocenters. The molecule has 3 nitrogen and oxygen atoms in total. The highest BCUT2D eigenvalue weighted by Gasteiger charge is 2.35. The van der Waals surface area contributed by atoms with Crippen molar-refractivity contribution in [1.29, 1.82) is 0 Å². The standard InChI is InChI=1S/C27H30N2O/c1-18-16-24-4-3-13-28-26(24)17-25(18)22-7-5-20(6-8-22)19(2)21-11-14-29(15-12-21)27(30)23-9-10-23/h3-8,13,16-17,19,21,23H,9-12,14-15H2,1-2H3. The van der Waals surface area contributed by atoms with Crippen LogP contribution in [-0.2, 0) is 4.79 Å². The van der Waals surface area contributed by atoms with E-state index in [-0.39, 0.29) is 0 Å². The summed E-state index contributed by atoms with van der Waals surface area (Å²) in [5.41, 5.74) is 6.24. The molecule has 0 spiro atoms. The fourth-order valence-corrected chi connectivity index (χ4v) is 4.99. The van der Waals surface area contributed by atoms with Crippen molar-refractivity contribution in [3.8, 4) is 11.1 Å². The highest BCUT2D eigenvalue weighted by molar-refractivity contribution is 5.86. The number of benzene rings is 2. The van der Waals surface area contributed by atoms with E-state index in [2.05, 4.69) is 66.2 Å². The van der Waals surface area contributed by atoms with Crippen LogP contribution in [-0.4, -0.2) is 28.9 Å². The zero-order chi connectivity index (χ0) is 20.7. The van der Waals surface area contributed by atoms with Crippen molar-refractivity contribution in [1.82, 2.24) is 9.88 Å². The first-order chi connectivity index (χ1) is 14.6. The van der Waals surface area contributed by atoms with Gasteiger partial charge in [0.1, 0.15) is 0 Å². The fraction of sp³-hybridized carbons (Fsp3) is 0.407. The maximum atomic E-state index is 12.3. The van der Waals surface area contributed by atoms with Gasteiger partial charge < -0.3 is 4.90 Å². The average Bonchev–Trinajstić information content (AvgIpc) is 3.63. The molecule has 1 aliphatic carbocycles. The molecule has 1 aromatic heterocycles. The molecule has 2 aromatic carbocycles. The zero-order valence-corrected chi connectivity index (χ0v) is 18.0. The first kappa shape index (κ1) is 19.3. The predicted molar refractivity (Wildman–Crippen MR) is 122 cm³/mol. The summed E-state index contributed by atoms with van der Waals surface area (Å²) in [6, 6.07) is 17.6. The molecule has 30 heavy (non-hydrogen) atoms. The molecule has 5 rings (SSSR count). The summed E-state index contributed by atoms with van der Waals surface area (Å²) in [6.07, 6.45) is 6.31. The molecule has 1 unspecified atom stereocenters. The van der Waals surface area contributed by atoms with E-state index >= 15 is 0 Å². The number of hydrogen-bond acceptors (Lipinski definition) is 2. The predicted octanol–water partition coefficient (Wildman–Crippen LogP) is 5.96. The fourth-order valence-electron chi connectivity index (χ4n) is 4.99. The summed E-state index contributed by atoms with van der Waals surface area (Å²) in [4.78, 5) is 18.9. The van der Waals surface area contributed by atoms with Gasteiger partial charge in [0, 0.05) is 30.6 Å². The molecule has 2 heterocycles. The van der Waals surface area contributed by atoms with Gasteiger partial charge in [0.05, 0.1) is 5.52 Å². The van der Waals surface area contributed by atoms with Gasteiger partial charge in [0.15, 0.2) is 0 Å². The lowest BCUT2D eigenvalue weighted by molar-refractivity contribution is -0.134. The van der Waals surface area contributed by atoms with Gasteiger partial charge in [-0.2, -0.15) is 0 Å². The summed E-state index contributed by atoms with van der Waals surface area (Å²) in [5.74, 6) is 1.94. The van der Waals surface area contributed by atoms with Crippen LogP contribution in [0, 0.1) is 18.8 Å². The van der Waals surface area contributed by atoms with Crippen LogP contribution < -0.4 is 0 Å². The second-order valence-electron chi connectivity index (χ2n) is 9.21. The Morgan fingerprint density at radius 3 is 2.47 bits per heavy atom. The maximum Gasteiger partial charge on any atom is 0.225 e. The number of carbonyl (C=O) groups is 1. The van der Waals surface area contributed by atoms with Crippen LogP contribution in [0.5, 0.6) is 0 Å². The first-order valence-electron chi connectivity index (χ1n) is 11.3. The summed E-state index contributed by atoms with van der Waals surface area (Å²) in [6.45, 7) is 6.40. The lowest BCUT2D eigenvalue weighted by atomic mass is 9.81. The molecule has 3 aromatic rings. The van der Waals surface area contributed by atoms with E-state index in [0.29, 0.717) is 23.7 Å². The molecule has 1 saturated carbocycles. The third-order valence-electron chi connectivity index (χ3n) is 7.18. The van der Waals surface area contributed by atoms with Gasteiger partial charge in [-0.05, 0) is 84.9 Å². The van der Waals surface area contributed by atoms with Gasteiger partial charge in [0.2, 0.25) is 5.91 Å². The molecule has 1 saturated heterocycles. The van der Waals surface area contributed by atoms with Crippen molar-refractivity contribution in [2.24, 2.45) is 11.8 Å². The largest absolute Gasteiger partial charge is 0.342 e. The number of hydrogen-bond donors (Lipinski definition) is 0. The Morgan fingerprint density at radius 2 is 1.77 bits per heavy atom. The molecule has 0 radical (unpaired) electrons. The summed E-state index contributed by atoms with van der Waals surface area (Å²) in [7, 11) is 0. The van der Waals surface area contributed by atoms with Crippen LogP contribution in [0.25, 0.3) is 22.0 Å². The van der Waals surface area contributed by atoms with E-state index in [4.69, 9.17) is 0 Å². The van der Waals surface area contributed by atoms with E-state index in [1.165, 1.54) is 27.6 Å². The lowest BCUT2D eigenvalue weighted by Crippen LogP contribution is -2.40. The van der Waals surface area contributed by atoms with Crippen molar-refractivity contribution in [3.63, 3.8) is 0 Å². The minimum absolute atomic E-state index is 0.347. The SMILES string of the molecule is Cc1cc2cccnc2cc1-c1ccc(C(C)C2CCN(C(=O)C3CC3)CC2)cc1. The Hall–Kier alpha value is -2.68. The monoisotopic (exact) mass is 398 g/mol. The number of piperidine rings is 1. The Morgan fingerprint density at radius 1 is 1.03 bits per heavy atom. The van der Waals surface area contributed by atoms with Crippen molar-refractivity contribution in [2.75, 3.05) is 13.1 Å². The highest BCUT2D eigenvalue weighted by Crippen LogP contribution is 2.37. The number of nitrogens with zero attached hydrogens (tertiary/aromatic N) is 2. The van der Waals surface area contributed by atoms with E-state index in [9.17, 15) is 4.79 Å². The molecule has 1 aliphatic heterocycles. The molecule has 0 bridgehead atoms. The lowest BCUT2D eigenvalue weighted by Gasteiger charge is -2.35. The number of rotatable bonds is 4. The van der Waals surface area contributed by atoms with E-state index < -0.39 is 0 Å². The van der Waals surface area contributed by atoms with Crippen LogP contribution in [0.3, 0.4) is 0 Å². The minimum Gasteiger partial charge on any atom is -0.342 e. The average molecular weight is 399 g/mol. The Balaban J connectivity index is 1.29. The summed E-state index contributed by atoms with van der Waals surface area (Å²) < 4.78 is 0. The second kappa shape index (κ2) is 7.86. The van der Waals surface area contributed by atoms with Crippen molar-refractivity contribution in [3.05, 3.63) is 65.9 Å². The van der Waals surface area contributed by atoms with Crippen LogP contribution in [0.2, 0.25) is 0 Å². The smallest absolute Gasteiger partial charge is 0.225 e. The molecule has 3 heteroatoms. The van der Waals surface area contributed by atoms with Crippen LogP contribution in [0.1, 0.15) is 49.7 Å². The topological polar surface area (TPSA) is 33.2 Å². The number of amides is 1. The second-order valence-corrected chi connectivity index (χ2v) is 9.21. The van der Waals surface area contributed by atoms with Crippen molar-refractivity contribution < 1.29 is 4.79 Å². The Kier molecular flexibility index (Phi) is 5.06. The first-order valence-corrected chi connectivity index (χ1v) is 11.3. The molecule has 2 fully saturated rings. The van der Waals surface area contributed by atoms with Gasteiger partial charge >= 0.3 is 0 Å². The normalized spacial score (nSPS) is 18.5. The van der Waals surface area contributed by atoms with Gasteiger partial charge in [-0.1, -0.05) is 37.3 Å². The number of aromatic nitrogens is 1. The number of pyridine rings is 1. The molecular weight excluding hydrogens is 368 g/mol. The van der Waals surface area contributed by atoms with Gasteiger partial charge in [-0.15, -0.1) is 0 Å². The maximum absolute atomic E-state index is 12.3. The van der Waals surface area contributed by atoms with E-state index in [1.54, 1.807) is 0 Å². The van der Waals surface area contributed by atoms with Gasteiger partial charge in [0.25, 0.3) is 0 Å². The molecule has 2 aliphatic rings. The summed E-state index contributed by atoms with van der Waals surface area (Å²) in [5, 5.41) is 1.19. The molecular formula is C27H30N2O. The van der Waals surface area contributed by atoms with Gasteiger partial charge in [-0.3, -0.25) is 9.78 Å². The quantitative estimate of drug-likeness (QED) is 0.543. The molecule has 154 valence electrons. The summed E-state index contributed by atoms with van der Waals surface area (Å²) >= 11 is 0. The molecule has 0 N–H and O–H groups in total. The van der Waals surface area contributed by atoms with Crippen LogP contribution in [0.15, 0.2) is 54.7 Å². The number of aryl methyl sites for hydroxylation is 1. The Labute approximate surface area is 179 Å². The van der Waals surface area contributed by atoms with Crippen LogP contribution >= 0.6 is 0 Å². The highest BCUT2D eigenvalue weighted by atomic mass is 16.2. The number of carbonyl (C=O) groups excluding carboxylic acids is 1. The third kappa shape index (κ3) is 3.74. The third-order valence-corrected chi connectivity index (χ3v) is 7.18. The minimum atomic E-state index is 0.347.